The third kappa shape index (κ3) is 4.60. The van der Waals surface area contributed by atoms with Gasteiger partial charge in [0.05, 0.1) is 17.0 Å². The standard InChI is InChI=1S/C22H18F3N3O3/c23-22(24,25)17-7-9-21(26-13-17)31-18-10-11-27(14-18)19-8-6-16(12-20(19)28(29)30)15-4-2-1-3-5-15/h1-9,12-13,18H,10-11,14H2/t18-/m1/s1. The maximum absolute atomic E-state index is 12.7. The lowest BCUT2D eigenvalue weighted by Gasteiger charge is -2.19. The van der Waals surface area contributed by atoms with Crippen LogP contribution in [0.15, 0.2) is 66.9 Å². The Hall–Kier alpha value is -3.62. The topological polar surface area (TPSA) is 68.5 Å². The van der Waals surface area contributed by atoms with Crippen molar-refractivity contribution in [3.63, 3.8) is 0 Å². The molecule has 1 fully saturated rings. The number of nitrogens with zero attached hydrogens (tertiary/aromatic N) is 3. The van der Waals surface area contributed by atoms with Crippen LogP contribution in [0.25, 0.3) is 11.1 Å². The van der Waals surface area contributed by atoms with Crippen LogP contribution in [-0.4, -0.2) is 29.1 Å². The number of anilines is 1. The monoisotopic (exact) mass is 429 g/mol. The summed E-state index contributed by atoms with van der Waals surface area (Å²) in [5.41, 5.74) is 1.26. The highest BCUT2D eigenvalue weighted by Crippen LogP contribution is 2.35. The lowest BCUT2D eigenvalue weighted by atomic mass is 10.0. The third-order valence-corrected chi connectivity index (χ3v) is 5.12. The molecule has 2 heterocycles. The Labute approximate surface area is 176 Å². The van der Waals surface area contributed by atoms with Gasteiger partial charge in [0, 0.05) is 31.3 Å². The van der Waals surface area contributed by atoms with Crippen LogP contribution in [0, 0.1) is 10.1 Å². The van der Waals surface area contributed by atoms with E-state index in [-0.39, 0.29) is 17.7 Å². The third-order valence-electron chi connectivity index (χ3n) is 5.12. The zero-order chi connectivity index (χ0) is 22.0. The van der Waals surface area contributed by atoms with E-state index in [2.05, 4.69) is 4.98 Å². The number of pyridine rings is 1. The average Bonchev–Trinajstić information content (AvgIpc) is 3.22. The smallest absolute Gasteiger partial charge is 0.417 e. The molecule has 1 atom stereocenters. The maximum Gasteiger partial charge on any atom is 0.417 e. The van der Waals surface area contributed by atoms with Gasteiger partial charge < -0.3 is 9.64 Å². The van der Waals surface area contributed by atoms with Gasteiger partial charge in [0.15, 0.2) is 0 Å². The van der Waals surface area contributed by atoms with Crippen molar-refractivity contribution in [2.75, 3.05) is 18.0 Å². The molecule has 160 valence electrons. The van der Waals surface area contributed by atoms with Gasteiger partial charge >= 0.3 is 6.18 Å². The first-order valence-electron chi connectivity index (χ1n) is 9.60. The fourth-order valence-electron chi connectivity index (χ4n) is 3.58. The molecule has 0 aliphatic carbocycles. The number of aromatic nitrogens is 1. The van der Waals surface area contributed by atoms with Crippen molar-refractivity contribution in [2.45, 2.75) is 18.7 Å². The Morgan fingerprint density at radius 3 is 2.48 bits per heavy atom. The van der Waals surface area contributed by atoms with Gasteiger partial charge in [0.25, 0.3) is 5.69 Å². The summed E-state index contributed by atoms with van der Waals surface area (Å²) in [7, 11) is 0. The average molecular weight is 429 g/mol. The highest BCUT2D eigenvalue weighted by Gasteiger charge is 2.32. The first-order chi connectivity index (χ1) is 14.8. The Morgan fingerprint density at radius 2 is 1.84 bits per heavy atom. The molecule has 0 saturated carbocycles. The largest absolute Gasteiger partial charge is 0.472 e. The van der Waals surface area contributed by atoms with Gasteiger partial charge in [-0.3, -0.25) is 10.1 Å². The molecule has 1 aliphatic rings. The summed E-state index contributed by atoms with van der Waals surface area (Å²) < 4.78 is 43.7. The predicted molar refractivity (Wildman–Crippen MR) is 109 cm³/mol. The number of alkyl halides is 3. The molecule has 6 nitrogen and oxygen atoms in total. The van der Waals surface area contributed by atoms with E-state index < -0.39 is 16.7 Å². The minimum absolute atomic E-state index is 0.00495. The summed E-state index contributed by atoms with van der Waals surface area (Å²) in [6.07, 6.45) is -3.49. The number of nitro benzene ring substituents is 1. The SMILES string of the molecule is O=[N+]([O-])c1cc(-c2ccccc2)ccc1N1CC[C@@H](Oc2ccc(C(F)(F)F)cn2)C1. The van der Waals surface area contributed by atoms with Crippen molar-refractivity contribution >= 4 is 11.4 Å². The van der Waals surface area contributed by atoms with Crippen LogP contribution >= 0.6 is 0 Å². The van der Waals surface area contributed by atoms with E-state index in [1.54, 1.807) is 12.1 Å². The minimum atomic E-state index is -4.46. The van der Waals surface area contributed by atoms with E-state index in [4.69, 9.17) is 4.74 Å². The number of halogens is 3. The second kappa shape index (κ2) is 8.25. The first-order valence-corrected chi connectivity index (χ1v) is 9.60. The van der Waals surface area contributed by atoms with Crippen molar-refractivity contribution in [3.05, 3.63) is 82.5 Å². The molecular weight excluding hydrogens is 411 g/mol. The highest BCUT2D eigenvalue weighted by atomic mass is 19.4. The summed E-state index contributed by atoms with van der Waals surface area (Å²) in [6.45, 7) is 0.894. The van der Waals surface area contributed by atoms with Gasteiger partial charge in [0.2, 0.25) is 5.88 Å². The summed E-state index contributed by atoms with van der Waals surface area (Å²) in [4.78, 5) is 16.9. The van der Waals surface area contributed by atoms with E-state index in [9.17, 15) is 23.3 Å². The van der Waals surface area contributed by atoms with E-state index in [1.807, 2.05) is 41.3 Å². The van der Waals surface area contributed by atoms with Gasteiger partial charge in [-0.05, 0) is 23.3 Å². The second-order valence-corrected chi connectivity index (χ2v) is 7.18. The fraction of sp³-hybridized carbons (Fsp3) is 0.227. The van der Waals surface area contributed by atoms with E-state index in [0.717, 1.165) is 23.4 Å². The molecule has 0 unspecified atom stereocenters. The second-order valence-electron chi connectivity index (χ2n) is 7.18. The molecule has 0 bridgehead atoms. The molecule has 2 aromatic carbocycles. The molecule has 0 spiro atoms. The number of hydrogen-bond donors (Lipinski definition) is 0. The zero-order valence-electron chi connectivity index (χ0n) is 16.2. The molecule has 3 aromatic rings. The van der Waals surface area contributed by atoms with Crippen LogP contribution in [-0.2, 0) is 6.18 Å². The van der Waals surface area contributed by atoms with E-state index >= 15 is 0 Å². The van der Waals surface area contributed by atoms with E-state index in [0.29, 0.717) is 25.2 Å². The van der Waals surface area contributed by atoms with Gasteiger partial charge in [-0.2, -0.15) is 13.2 Å². The molecule has 1 saturated heterocycles. The summed E-state index contributed by atoms with van der Waals surface area (Å²) in [5, 5.41) is 11.7. The van der Waals surface area contributed by atoms with Gasteiger partial charge in [-0.1, -0.05) is 36.4 Å². The van der Waals surface area contributed by atoms with Crippen molar-refractivity contribution in [2.24, 2.45) is 0 Å². The Balaban J connectivity index is 1.49. The molecular formula is C22H18F3N3O3. The zero-order valence-corrected chi connectivity index (χ0v) is 16.2. The Bertz CT molecular complexity index is 1070. The molecule has 0 N–H and O–H groups in total. The highest BCUT2D eigenvalue weighted by molar-refractivity contribution is 5.74. The quantitative estimate of drug-likeness (QED) is 0.405. The lowest BCUT2D eigenvalue weighted by Crippen LogP contribution is -2.25. The van der Waals surface area contributed by atoms with E-state index in [1.165, 1.54) is 6.07 Å². The molecule has 4 rings (SSSR count). The maximum atomic E-state index is 12.7. The summed E-state index contributed by atoms with van der Waals surface area (Å²) >= 11 is 0. The molecule has 0 amide bonds. The van der Waals surface area contributed by atoms with Crippen molar-refractivity contribution < 1.29 is 22.8 Å². The molecule has 31 heavy (non-hydrogen) atoms. The minimum Gasteiger partial charge on any atom is -0.472 e. The summed E-state index contributed by atoms with van der Waals surface area (Å²) in [6, 6.07) is 16.6. The van der Waals surface area contributed by atoms with Crippen LogP contribution in [0.5, 0.6) is 5.88 Å². The predicted octanol–water partition coefficient (Wildman–Crippen LogP) is 5.33. The van der Waals surface area contributed by atoms with Crippen LogP contribution in [0.1, 0.15) is 12.0 Å². The molecule has 1 aromatic heterocycles. The first kappa shape index (κ1) is 20.6. The van der Waals surface area contributed by atoms with Crippen LogP contribution < -0.4 is 9.64 Å². The number of benzene rings is 2. The Morgan fingerprint density at radius 1 is 1.06 bits per heavy atom. The molecule has 0 radical (unpaired) electrons. The van der Waals surface area contributed by atoms with Crippen LogP contribution in [0.2, 0.25) is 0 Å². The number of rotatable bonds is 5. The van der Waals surface area contributed by atoms with Crippen molar-refractivity contribution in [3.8, 4) is 17.0 Å². The number of hydrogen-bond acceptors (Lipinski definition) is 5. The number of ether oxygens (including phenoxy) is 1. The van der Waals surface area contributed by atoms with Gasteiger partial charge in [0.1, 0.15) is 11.8 Å². The lowest BCUT2D eigenvalue weighted by molar-refractivity contribution is -0.384. The molecule has 9 heteroatoms. The van der Waals surface area contributed by atoms with Gasteiger partial charge in [-0.15, -0.1) is 0 Å². The molecule has 1 aliphatic heterocycles. The summed E-state index contributed by atoms with van der Waals surface area (Å²) in [5.74, 6) is 0.0915. The van der Waals surface area contributed by atoms with Crippen LogP contribution in [0.3, 0.4) is 0 Å². The fourth-order valence-corrected chi connectivity index (χ4v) is 3.58. The van der Waals surface area contributed by atoms with Crippen molar-refractivity contribution in [1.82, 2.24) is 4.98 Å². The normalized spacial score (nSPS) is 16.4. The Kier molecular flexibility index (Phi) is 5.50. The number of nitro groups is 1. The van der Waals surface area contributed by atoms with Crippen LogP contribution in [0.4, 0.5) is 24.5 Å². The van der Waals surface area contributed by atoms with Gasteiger partial charge in [-0.25, -0.2) is 4.98 Å². The van der Waals surface area contributed by atoms with Crippen molar-refractivity contribution in [1.29, 1.82) is 0 Å².